The minimum atomic E-state index is 0.0422. The molecular formula is C10H8BrNO. The minimum absolute atomic E-state index is 0.0422. The van der Waals surface area contributed by atoms with E-state index in [9.17, 15) is 4.79 Å². The lowest BCUT2D eigenvalue weighted by Gasteiger charge is -2.02. The summed E-state index contributed by atoms with van der Waals surface area (Å²) in [4.78, 5) is 13.9. The summed E-state index contributed by atoms with van der Waals surface area (Å²) in [7, 11) is 0. The molecule has 3 heteroatoms. The summed E-state index contributed by atoms with van der Waals surface area (Å²) in [6.07, 6.45) is 3.56. The highest BCUT2D eigenvalue weighted by molar-refractivity contribution is 9.10. The van der Waals surface area contributed by atoms with Gasteiger partial charge in [0.1, 0.15) is 0 Å². The fraction of sp³-hybridized carbons (Fsp3) is 0.300. The lowest BCUT2D eigenvalue weighted by atomic mass is 10.1. The number of carbonyl (C=O) groups excluding carboxylic acids is 1. The molecule has 0 fully saturated rings. The van der Waals surface area contributed by atoms with E-state index in [0.717, 1.165) is 17.3 Å². The Morgan fingerprint density at radius 1 is 1.54 bits per heavy atom. The van der Waals surface area contributed by atoms with Gasteiger partial charge in [-0.2, -0.15) is 4.99 Å². The number of hydrogen-bond acceptors (Lipinski definition) is 2. The Morgan fingerprint density at radius 3 is 3.15 bits per heavy atom. The third-order valence-electron chi connectivity index (χ3n) is 2.36. The zero-order valence-corrected chi connectivity index (χ0v) is 8.54. The van der Waals surface area contributed by atoms with Crippen molar-refractivity contribution in [1.29, 1.82) is 0 Å². The van der Waals surface area contributed by atoms with Crippen molar-refractivity contribution in [3.8, 4) is 0 Å². The predicted molar refractivity (Wildman–Crippen MR) is 53.3 cm³/mol. The average molecular weight is 238 g/mol. The third-order valence-corrected chi connectivity index (χ3v) is 2.85. The van der Waals surface area contributed by atoms with Crippen LogP contribution in [0, 0.1) is 0 Å². The summed E-state index contributed by atoms with van der Waals surface area (Å²) in [5, 5.41) is 0. The first-order chi connectivity index (χ1) is 6.31. The van der Waals surface area contributed by atoms with Gasteiger partial charge in [0.15, 0.2) is 0 Å². The van der Waals surface area contributed by atoms with Crippen LogP contribution in [0.3, 0.4) is 0 Å². The van der Waals surface area contributed by atoms with Crippen molar-refractivity contribution < 1.29 is 4.79 Å². The molecule has 0 radical (unpaired) electrons. The number of fused-ring (bicyclic) bond motifs is 1. The van der Waals surface area contributed by atoms with Gasteiger partial charge < -0.3 is 0 Å². The van der Waals surface area contributed by atoms with Crippen LogP contribution in [-0.4, -0.2) is 6.08 Å². The molecule has 1 aromatic carbocycles. The van der Waals surface area contributed by atoms with E-state index in [-0.39, 0.29) is 6.04 Å². The molecule has 1 unspecified atom stereocenters. The standard InChI is InChI=1S/C10H8BrNO/c11-8-2-3-9-7(5-8)1-4-10(9)12-6-13/h2-3,5,10H,1,4H2. The van der Waals surface area contributed by atoms with E-state index in [1.165, 1.54) is 11.1 Å². The SMILES string of the molecule is O=C=NC1CCc2cc(Br)ccc21. The zero-order valence-electron chi connectivity index (χ0n) is 6.96. The summed E-state index contributed by atoms with van der Waals surface area (Å²) in [6.45, 7) is 0. The van der Waals surface area contributed by atoms with E-state index in [2.05, 4.69) is 27.0 Å². The zero-order chi connectivity index (χ0) is 9.26. The molecule has 0 aliphatic heterocycles. The normalized spacial score (nSPS) is 19.3. The molecule has 0 spiro atoms. The largest absolute Gasteiger partial charge is 0.235 e. The summed E-state index contributed by atoms with van der Waals surface area (Å²) >= 11 is 3.42. The maximum absolute atomic E-state index is 10.1. The van der Waals surface area contributed by atoms with Gasteiger partial charge in [0.25, 0.3) is 0 Å². The summed E-state index contributed by atoms with van der Waals surface area (Å²) in [5.41, 5.74) is 2.46. The highest BCUT2D eigenvalue weighted by Gasteiger charge is 2.21. The van der Waals surface area contributed by atoms with Crippen LogP contribution < -0.4 is 0 Å². The van der Waals surface area contributed by atoms with E-state index >= 15 is 0 Å². The van der Waals surface area contributed by atoms with Gasteiger partial charge in [0, 0.05) is 4.47 Å². The Balaban J connectivity index is 2.43. The minimum Gasteiger partial charge on any atom is -0.211 e. The van der Waals surface area contributed by atoms with Crippen LogP contribution in [-0.2, 0) is 11.2 Å². The Morgan fingerprint density at radius 2 is 2.38 bits per heavy atom. The topological polar surface area (TPSA) is 29.4 Å². The molecule has 0 N–H and O–H groups in total. The van der Waals surface area contributed by atoms with E-state index in [1.807, 2.05) is 12.1 Å². The predicted octanol–water partition coefficient (Wildman–Crippen LogP) is 2.77. The molecule has 1 atom stereocenters. The molecule has 0 heterocycles. The average Bonchev–Trinajstić information content (AvgIpc) is 2.49. The second-order valence-corrected chi connectivity index (χ2v) is 4.03. The maximum atomic E-state index is 10.1. The Kier molecular flexibility index (Phi) is 2.30. The molecule has 0 aromatic heterocycles. The van der Waals surface area contributed by atoms with Gasteiger partial charge in [-0.1, -0.05) is 22.0 Å². The van der Waals surface area contributed by atoms with Crippen LogP contribution in [0.2, 0.25) is 0 Å². The molecule has 0 bridgehead atoms. The number of hydrogen-bond donors (Lipinski definition) is 0. The van der Waals surface area contributed by atoms with Crippen molar-refractivity contribution >= 4 is 22.0 Å². The first kappa shape index (κ1) is 8.67. The van der Waals surface area contributed by atoms with Crippen LogP contribution in [0.5, 0.6) is 0 Å². The van der Waals surface area contributed by atoms with E-state index < -0.39 is 0 Å². The second kappa shape index (κ2) is 3.44. The fourth-order valence-electron chi connectivity index (χ4n) is 1.76. The van der Waals surface area contributed by atoms with Crippen molar-refractivity contribution in [2.75, 3.05) is 0 Å². The number of nitrogens with zero attached hydrogens (tertiary/aromatic N) is 1. The van der Waals surface area contributed by atoms with Gasteiger partial charge in [0.05, 0.1) is 6.04 Å². The highest BCUT2D eigenvalue weighted by atomic mass is 79.9. The number of aryl methyl sites for hydroxylation is 1. The van der Waals surface area contributed by atoms with Gasteiger partial charge in [-0.15, -0.1) is 0 Å². The second-order valence-electron chi connectivity index (χ2n) is 3.12. The summed E-state index contributed by atoms with van der Waals surface area (Å²) < 4.78 is 1.09. The number of benzene rings is 1. The smallest absolute Gasteiger partial charge is 0.211 e. The monoisotopic (exact) mass is 237 g/mol. The van der Waals surface area contributed by atoms with Crippen LogP contribution in [0.25, 0.3) is 0 Å². The van der Waals surface area contributed by atoms with Crippen molar-refractivity contribution in [2.45, 2.75) is 18.9 Å². The van der Waals surface area contributed by atoms with Gasteiger partial charge in [-0.05, 0) is 36.1 Å². The van der Waals surface area contributed by atoms with Crippen molar-refractivity contribution in [2.24, 2.45) is 4.99 Å². The number of rotatable bonds is 1. The lowest BCUT2D eigenvalue weighted by molar-refractivity contribution is 0.557. The molecule has 13 heavy (non-hydrogen) atoms. The Bertz CT molecular complexity index is 383. The molecule has 0 amide bonds. The van der Waals surface area contributed by atoms with Crippen molar-refractivity contribution in [3.63, 3.8) is 0 Å². The summed E-state index contributed by atoms with van der Waals surface area (Å²) in [6, 6.07) is 6.14. The van der Waals surface area contributed by atoms with Crippen molar-refractivity contribution in [3.05, 3.63) is 33.8 Å². The van der Waals surface area contributed by atoms with Crippen LogP contribution in [0.1, 0.15) is 23.6 Å². The molecule has 1 aliphatic carbocycles. The van der Waals surface area contributed by atoms with Gasteiger partial charge >= 0.3 is 0 Å². The van der Waals surface area contributed by atoms with Crippen molar-refractivity contribution in [1.82, 2.24) is 0 Å². The molecule has 1 aliphatic rings. The molecule has 2 rings (SSSR count). The van der Waals surface area contributed by atoms with Gasteiger partial charge in [-0.25, -0.2) is 4.79 Å². The van der Waals surface area contributed by atoms with E-state index in [4.69, 9.17) is 0 Å². The Labute approximate surface area is 84.8 Å². The van der Waals surface area contributed by atoms with Gasteiger partial charge in [-0.3, -0.25) is 0 Å². The number of aliphatic imine (C=N–C) groups is 1. The molecule has 0 saturated carbocycles. The number of halogens is 1. The van der Waals surface area contributed by atoms with Crippen LogP contribution in [0.4, 0.5) is 0 Å². The molecular weight excluding hydrogens is 230 g/mol. The lowest BCUT2D eigenvalue weighted by Crippen LogP contribution is -1.87. The van der Waals surface area contributed by atoms with Crippen LogP contribution >= 0.6 is 15.9 Å². The molecule has 2 nitrogen and oxygen atoms in total. The first-order valence-corrected chi connectivity index (χ1v) is 4.96. The molecule has 0 saturated heterocycles. The molecule has 1 aromatic rings. The quantitative estimate of drug-likeness (QED) is 0.546. The Hall–Kier alpha value is -0.920. The number of isocyanates is 1. The fourth-order valence-corrected chi connectivity index (χ4v) is 2.17. The summed E-state index contributed by atoms with van der Waals surface area (Å²) in [5.74, 6) is 0. The van der Waals surface area contributed by atoms with E-state index in [1.54, 1.807) is 6.08 Å². The van der Waals surface area contributed by atoms with E-state index in [0.29, 0.717) is 0 Å². The van der Waals surface area contributed by atoms with Gasteiger partial charge in [0.2, 0.25) is 6.08 Å². The molecule has 66 valence electrons. The first-order valence-electron chi connectivity index (χ1n) is 4.16. The van der Waals surface area contributed by atoms with Crippen LogP contribution in [0.15, 0.2) is 27.7 Å². The maximum Gasteiger partial charge on any atom is 0.235 e. The third kappa shape index (κ3) is 1.58. The highest BCUT2D eigenvalue weighted by Crippen LogP contribution is 2.34.